The number of nitrogens with zero attached hydrogens (tertiary/aromatic N) is 2. The Morgan fingerprint density at radius 3 is 2.87 bits per heavy atom. The van der Waals surface area contributed by atoms with E-state index >= 15 is 0 Å². The fourth-order valence-corrected chi connectivity index (χ4v) is 3.30. The molecule has 1 saturated carbocycles. The molecule has 2 rings (SSSR count). The van der Waals surface area contributed by atoms with Gasteiger partial charge in [-0.05, 0) is 18.8 Å². The molecule has 3 atom stereocenters. The summed E-state index contributed by atoms with van der Waals surface area (Å²) in [6.07, 6.45) is 4.81. The van der Waals surface area contributed by atoms with E-state index in [9.17, 15) is 0 Å². The second kappa shape index (κ2) is 3.84. The van der Waals surface area contributed by atoms with Crippen molar-refractivity contribution in [3.05, 3.63) is 0 Å². The lowest BCUT2D eigenvalue weighted by Gasteiger charge is -2.47. The van der Waals surface area contributed by atoms with Crippen LogP contribution in [0.25, 0.3) is 0 Å². The number of rotatable bonds is 0. The molecule has 0 bridgehead atoms. The van der Waals surface area contributed by atoms with Crippen LogP contribution in [0.3, 0.4) is 0 Å². The SMILES string of the molecule is [B]C1(C)CCC2C(=NC)N(C)CCC2C1. The second-order valence-electron chi connectivity index (χ2n) is 5.56. The predicted molar refractivity (Wildman–Crippen MR) is 65.6 cm³/mol. The number of fused-ring (bicyclic) bond motifs is 1. The highest BCUT2D eigenvalue weighted by Gasteiger charge is 2.40. The van der Waals surface area contributed by atoms with Crippen molar-refractivity contribution in [1.82, 2.24) is 4.90 Å². The first-order valence-corrected chi connectivity index (χ1v) is 6.00. The van der Waals surface area contributed by atoms with Crippen LogP contribution in [0.15, 0.2) is 4.99 Å². The van der Waals surface area contributed by atoms with Crippen molar-refractivity contribution in [2.45, 2.75) is 37.9 Å². The molecule has 2 nitrogen and oxygen atoms in total. The molecule has 2 aliphatic rings. The lowest BCUT2D eigenvalue weighted by atomic mass is 9.55. The highest BCUT2D eigenvalue weighted by Crippen LogP contribution is 2.48. The van der Waals surface area contributed by atoms with Gasteiger partial charge in [0.25, 0.3) is 0 Å². The number of amidine groups is 1. The van der Waals surface area contributed by atoms with Crippen LogP contribution in [0.5, 0.6) is 0 Å². The van der Waals surface area contributed by atoms with Crippen LogP contribution in [0.4, 0.5) is 0 Å². The van der Waals surface area contributed by atoms with E-state index in [0.29, 0.717) is 5.92 Å². The monoisotopic (exact) mass is 204 g/mol. The average molecular weight is 204 g/mol. The fraction of sp³-hybridized carbons (Fsp3) is 0.917. The van der Waals surface area contributed by atoms with Gasteiger partial charge in [-0.1, -0.05) is 25.1 Å². The summed E-state index contributed by atoms with van der Waals surface area (Å²) in [4.78, 5) is 6.78. The Hall–Kier alpha value is -0.465. The Labute approximate surface area is 94.5 Å². The fourth-order valence-electron chi connectivity index (χ4n) is 3.30. The molecule has 82 valence electrons. The molecule has 1 aliphatic heterocycles. The van der Waals surface area contributed by atoms with Crippen molar-refractivity contribution in [2.24, 2.45) is 16.8 Å². The highest BCUT2D eigenvalue weighted by atomic mass is 15.2. The first kappa shape index (κ1) is 11.0. The summed E-state index contributed by atoms with van der Waals surface area (Å²) in [6.45, 7) is 3.34. The molecule has 1 saturated heterocycles. The molecule has 0 amide bonds. The third kappa shape index (κ3) is 2.06. The number of likely N-dealkylation sites (tertiary alicyclic amines) is 1. The van der Waals surface area contributed by atoms with Crippen LogP contribution in [0, 0.1) is 11.8 Å². The van der Waals surface area contributed by atoms with Crippen LogP contribution < -0.4 is 0 Å². The molecule has 2 fully saturated rings. The van der Waals surface area contributed by atoms with Crippen LogP contribution in [-0.2, 0) is 0 Å². The number of hydrogen-bond acceptors (Lipinski definition) is 1. The van der Waals surface area contributed by atoms with Gasteiger partial charge in [-0.3, -0.25) is 4.99 Å². The summed E-state index contributed by atoms with van der Waals surface area (Å²) < 4.78 is 0. The summed E-state index contributed by atoms with van der Waals surface area (Å²) in [6, 6.07) is 0. The Bertz CT molecular complexity index is 273. The first-order valence-electron chi connectivity index (χ1n) is 6.00. The third-order valence-electron chi connectivity index (χ3n) is 4.11. The molecule has 0 spiro atoms. The molecule has 1 heterocycles. The van der Waals surface area contributed by atoms with Gasteiger partial charge in [-0.15, -0.1) is 0 Å². The quantitative estimate of drug-likeness (QED) is 0.552. The molecule has 0 N–H and O–H groups in total. The Kier molecular flexibility index (Phi) is 2.82. The van der Waals surface area contributed by atoms with Crippen molar-refractivity contribution >= 4 is 13.7 Å². The van der Waals surface area contributed by atoms with Gasteiger partial charge in [0, 0.05) is 26.6 Å². The summed E-state index contributed by atoms with van der Waals surface area (Å²) in [5.74, 6) is 2.75. The van der Waals surface area contributed by atoms with E-state index in [1.807, 2.05) is 7.05 Å². The van der Waals surface area contributed by atoms with Crippen molar-refractivity contribution in [3.8, 4) is 0 Å². The van der Waals surface area contributed by atoms with Gasteiger partial charge in [-0.25, -0.2) is 0 Å². The number of aliphatic imine (C=N–C) groups is 1. The number of hydrogen-bond donors (Lipinski definition) is 0. The zero-order chi connectivity index (χ0) is 11.1. The maximum atomic E-state index is 6.25. The largest absolute Gasteiger partial charge is 0.363 e. The zero-order valence-electron chi connectivity index (χ0n) is 10.2. The Morgan fingerprint density at radius 1 is 1.47 bits per heavy atom. The van der Waals surface area contributed by atoms with Crippen LogP contribution >= 0.6 is 0 Å². The van der Waals surface area contributed by atoms with Gasteiger partial charge in [-0.2, -0.15) is 0 Å². The zero-order valence-corrected chi connectivity index (χ0v) is 10.2. The minimum atomic E-state index is 0.0654. The van der Waals surface area contributed by atoms with Crippen molar-refractivity contribution in [2.75, 3.05) is 20.6 Å². The number of piperidine rings is 1. The van der Waals surface area contributed by atoms with Crippen LogP contribution in [0.2, 0.25) is 5.31 Å². The van der Waals surface area contributed by atoms with E-state index in [0.717, 1.165) is 18.9 Å². The second-order valence-corrected chi connectivity index (χ2v) is 5.56. The maximum absolute atomic E-state index is 6.25. The van der Waals surface area contributed by atoms with E-state index in [2.05, 4.69) is 23.9 Å². The topological polar surface area (TPSA) is 15.6 Å². The molecular formula is C12H21BN2. The lowest BCUT2D eigenvalue weighted by molar-refractivity contribution is 0.186. The molecule has 0 aromatic heterocycles. The smallest absolute Gasteiger partial charge is 0.102 e. The van der Waals surface area contributed by atoms with Crippen LogP contribution in [0.1, 0.15) is 32.6 Å². The summed E-state index contributed by atoms with van der Waals surface area (Å²) >= 11 is 0. The van der Waals surface area contributed by atoms with Gasteiger partial charge in [0.15, 0.2) is 0 Å². The lowest BCUT2D eigenvalue weighted by Crippen LogP contribution is -2.46. The van der Waals surface area contributed by atoms with E-state index in [1.165, 1.54) is 25.1 Å². The minimum Gasteiger partial charge on any atom is -0.363 e. The standard InChI is InChI=1S/C12H21BN2/c1-12(13)6-4-10-9(8-12)5-7-15(3)11(10)14-2/h9-10H,4-8H2,1-3H3. The van der Waals surface area contributed by atoms with Gasteiger partial charge >= 0.3 is 0 Å². The van der Waals surface area contributed by atoms with Gasteiger partial charge in [0.1, 0.15) is 5.84 Å². The Balaban J connectivity index is 2.15. The van der Waals surface area contributed by atoms with Crippen molar-refractivity contribution in [1.29, 1.82) is 0 Å². The molecular weight excluding hydrogens is 183 g/mol. The van der Waals surface area contributed by atoms with Gasteiger partial charge in [0.05, 0.1) is 7.85 Å². The minimum absolute atomic E-state index is 0.0654. The molecule has 1 aliphatic carbocycles. The van der Waals surface area contributed by atoms with E-state index in [4.69, 9.17) is 7.85 Å². The molecule has 15 heavy (non-hydrogen) atoms. The van der Waals surface area contributed by atoms with Crippen molar-refractivity contribution in [3.63, 3.8) is 0 Å². The van der Waals surface area contributed by atoms with Crippen LogP contribution in [-0.4, -0.2) is 39.2 Å². The molecule has 2 radical (unpaired) electrons. The molecule has 3 unspecified atom stereocenters. The molecule has 3 heteroatoms. The molecule has 0 aromatic carbocycles. The highest BCUT2D eigenvalue weighted by molar-refractivity contribution is 6.15. The maximum Gasteiger partial charge on any atom is 0.102 e. The summed E-state index contributed by atoms with van der Waals surface area (Å²) in [5, 5.41) is 0.0654. The van der Waals surface area contributed by atoms with E-state index in [-0.39, 0.29) is 5.31 Å². The summed E-state index contributed by atoms with van der Waals surface area (Å²) in [5.41, 5.74) is 0. The van der Waals surface area contributed by atoms with Gasteiger partial charge in [0.2, 0.25) is 0 Å². The molecule has 0 aromatic rings. The first-order chi connectivity index (χ1) is 7.03. The predicted octanol–water partition coefficient (Wildman–Crippen LogP) is 2.11. The Morgan fingerprint density at radius 2 is 2.20 bits per heavy atom. The summed E-state index contributed by atoms with van der Waals surface area (Å²) in [7, 11) is 10.3. The van der Waals surface area contributed by atoms with Gasteiger partial charge < -0.3 is 4.90 Å². The third-order valence-corrected chi connectivity index (χ3v) is 4.11. The average Bonchev–Trinajstić information content (AvgIpc) is 2.17. The van der Waals surface area contributed by atoms with E-state index in [1.54, 1.807) is 0 Å². The normalized spacial score (nSPS) is 44.2. The van der Waals surface area contributed by atoms with E-state index < -0.39 is 0 Å². The van der Waals surface area contributed by atoms with Crippen molar-refractivity contribution < 1.29 is 0 Å².